The Hall–Kier alpha value is -1.20. The van der Waals surface area contributed by atoms with Crippen molar-refractivity contribution in [3.63, 3.8) is 0 Å². The second kappa shape index (κ2) is 11.5. The Bertz CT molecular complexity index is 637. The Balaban J connectivity index is 0. The van der Waals surface area contributed by atoms with Gasteiger partial charge in [0, 0.05) is 11.1 Å². The number of carbonyl (C=O) groups is 3. The second-order valence-electron chi connectivity index (χ2n) is 5.70. The molecular formula is C15H23NaO9S. The van der Waals surface area contributed by atoms with E-state index in [9.17, 15) is 22.8 Å². The summed E-state index contributed by atoms with van der Waals surface area (Å²) in [4.78, 5) is 35.2. The van der Waals surface area contributed by atoms with Gasteiger partial charge in [-0.1, -0.05) is 13.2 Å². The molecule has 0 atom stereocenters. The van der Waals surface area contributed by atoms with E-state index in [0.29, 0.717) is 0 Å². The fraction of sp³-hybridized carbons (Fsp3) is 0.533. The molecule has 0 saturated heterocycles. The van der Waals surface area contributed by atoms with E-state index in [2.05, 4.69) is 13.2 Å². The van der Waals surface area contributed by atoms with Gasteiger partial charge in [0.15, 0.2) is 0 Å². The van der Waals surface area contributed by atoms with Gasteiger partial charge in [0.2, 0.25) is 0 Å². The Labute approximate surface area is 174 Å². The Kier molecular flexibility index (Phi) is 12.0. The third-order valence-corrected chi connectivity index (χ3v) is 3.49. The fourth-order valence-electron chi connectivity index (χ4n) is 1.27. The predicted octanol–water partition coefficient (Wildman–Crippen LogP) is 0.0138. The van der Waals surface area contributed by atoms with Gasteiger partial charge >= 0.3 is 47.5 Å². The summed E-state index contributed by atoms with van der Waals surface area (Å²) in [6.07, 6.45) is 0. The van der Waals surface area contributed by atoms with Crippen LogP contribution in [0.15, 0.2) is 24.3 Å². The van der Waals surface area contributed by atoms with Gasteiger partial charge in [-0.05, 0) is 20.8 Å². The van der Waals surface area contributed by atoms with Crippen molar-refractivity contribution in [3.05, 3.63) is 24.3 Å². The van der Waals surface area contributed by atoms with Crippen LogP contribution < -0.4 is 0 Å². The molecule has 0 aliphatic rings. The molecule has 0 aliphatic carbocycles. The maximum absolute atomic E-state index is 12.2. The number of hydrogen-bond donors (Lipinski definition) is 1. The molecule has 0 spiro atoms. The molecule has 0 unspecified atom stereocenters. The molecule has 0 amide bonds. The van der Waals surface area contributed by atoms with Crippen molar-refractivity contribution in [1.29, 1.82) is 0 Å². The van der Waals surface area contributed by atoms with E-state index in [1.54, 1.807) is 0 Å². The molecule has 0 fully saturated rings. The summed E-state index contributed by atoms with van der Waals surface area (Å²) in [7, 11) is -4.31. The summed E-state index contributed by atoms with van der Waals surface area (Å²) in [6, 6.07) is 0. The van der Waals surface area contributed by atoms with Crippen molar-refractivity contribution >= 4 is 57.6 Å². The Morgan fingerprint density at radius 3 is 1.65 bits per heavy atom. The Morgan fingerprint density at radius 1 is 0.962 bits per heavy atom. The molecule has 0 rings (SSSR count). The van der Waals surface area contributed by atoms with E-state index in [1.807, 2.05) is 0 Å². The van der Waals surface area contributed by atoms with Crippen molar-refractivity contribution in [2.75, 3.05) is 25.6 Å². The number of hydrogen-bond acceptors (Lipinski definition) is 8. The van der Waals surface area contributed by atoms with Crippen LogP contribution >= 0.6 is 0 Å². The van der Waals surface area contributed by atoms with Crippen LogP contribution in [-0.2, 0) is 38.7 Å². The number of rotatable bonds is 10. The minimum absolute atomic E-state index is 0. The quantitative estimate of drug-likeness (QED) is 0.176. The van der Waals surface area contributed by atoms with Gasteiger partial charge in [0.1, 0.15) is 31.0 Å². The first-order valence-corrected chi connectivity index (χ1v) is 8.67. The van der Waals surface area contributed by atoms with Crippen molar-refractivity contribution in [2.24, 2.45) is 5.41 Å². The average Bonchev–Trinajstić information content (AvgIpc) is 2.48. The monoisotopic (exact) mass is 402 g/mol. The molecular weight excluding hydrogens is 379 g/mol. The van der Waals surface area contributed by atoms with Crippen LogP contribution in [0.4, 0.5) is 0 Å². The molecule has 144 valence electrons. The Morgan fingerprint density at radius 2 is 1.35 bits per heavy atom. The molecule has 11 heteroatoms. The van der Waals surface area contributed by atoms with E-state index < -0.39 is 59.0 Å². The predicted molar refractivity (Wildman–Crippen MR) is 94.2 cm³/mol. The van der Waals surface area contributed by atoms with Gasteiger partial charge in [-0.15, -0.1) is 0 Å². The zero-order valence-electron chi connectivity index (χ0n) is 14.4. The van der Waals surface area contributed by atoms with Crippen LogP contribution in [-0.4, -0.2) is 86.0 Å². The van der Waals surface area contributed by atoms with Gasteiger partial charge in [-0.2, -0.15) is 8.42 Å². The van der Waals surface area contributed by atoms with Crippen LogP contribution in [0.5, 0.6) is 0 Å². The molecule has 0 aromatic carbocycles. The van der Waals surface area contributed by atoms with E-state index in [0.717, 1.165) is 0 Å². The summed E-state index contributed by atoms with van der Waals surface area (Å²) < 4.78 is 44.5. The van der Waals surface area contributed by atoms with E-state index >= 15 is 0 Å². The molecule has 0 saturated carbocycles. The average molecular weight is 402 g/mol. The molecule has 0 aliphatic heterocycles. The minimum atomic E-state index is -4.31. The summed E-state index contributed by atoms with van der Waals surface area (Å²) in [5, 5.41) is 0. The molecule has 0 heterocycles. The van der Waals surface area contributed by atoms with E-state index in [1.165, 1.54) is 20.8 Å². The molecule has 1 N–H and O–H groups in total. The van der Waals surface area contributed by atoms with Crippen LogP contribution in [0.1, 0.15) is 20.8 Å². The first kappa shape index (κ1) is 27.0. The summed E-state index contributed by atoms with van der Waals surface area (Å²) in [5.74, 6) is -3.29. The SMILES string of the molecule is C=C(C)C(=O)OCC(C)(COC(=O)C(=C)C)C(=O)OCCS(=O)(=O)O.[NaH]. The van der Waals surface area contributed by atoms with Gasteiger partial charge in [-0.3, -0.25) is 9.35 Å². The summed E-state index contributed by atoms with van der Waals surface area (Å²) in [6.45, 7) is 9.31. The van der Waals surface area contributed by atoms with Crippen LogP contribution in [0.25, 0.3) is 0 Å². The maximum atomic E-state index is 12.2. The normalized spacial score (nSPS) is 10.9. The van der Waals surface area contributed by atoms with Crippen molar-refractivity contribution < 1.29 is 41.6 Å². The number of esters is 3. The molecule has 0 radical (unpaired) electrons. The summed E-state index contributed by atoms with van der Waals surface area (Å²) >= 11 is 0. The third-order valence-electron chi connectivity index (χ3n) is 2.81. The fourth-order valence-corrected chi connectivity index (χ4v) is 1.56. The van der Waals surface area contributed by atoms with Gasteiger partial charge in [0.25, 0.3) is 10.1 Å². The number of ether oxygens (including phenoxy) is 3. The first-order chi connectivity index (χ1) is 11.3. The topological polar surface area (TPSA) is 133 Å². The molecule has 0 bridgehead atoms. The van der Waals surface area contributed by atoms with Crippen LogP contribution in [0, 0.1) is 5.41 Å². The number of carbonyl (C=O) groups excluding carboxylic acids is 3. The standard InChI is InChI=1S/C15H22O9S.Na.H/c1-10(2)12(16)23-8-15(5,9-24-13(17)11(3)4)14(18)22-6-7-25(19,20)21;;/h1,3,6-9H2,2,4-5H3,(H,19,20,21);;. The van der Waals surface area contributed by atoms with Crippen molar-refractivity contribution in [3.8, 4) is 0 Å². The van der Waals surface area contributed by atoms with Crippen LogP contribution in [0.2, 0.25) is 0 Å². The van der Waals surface area contributed by atoms with Crippen LogP contribution in [0.3, 0.4) is 0 Å². The third kappa shape index (κ3) is 10.7. The summed E-state index contributed by atoms with van der Waals surface area (Å²) in [5.41, 5.74) is -1.39. The van der Waals surface area contributed by atoms with Crippen molar-refractivity contribution in [2.45, 2.75) is 20.8 Å². The molecule has 0 aromatic rings. The molecule has 0 aromatic heterocycles. The molecule has 9 nitrogen and oxygen atoms in total. The molecule has 26 heavy (non-hydrogen) atoms. The second-order valence-corrected chi connectivity index (χ2v) is 7.27. The zero-order chi connectivity index (χ0) is 19.8. The van der Waals surface area contributed by atoms with Gasteiger partial charge < -0.3 is 14.2 Å². The zero-order valence-corrected chi connectivity index (χ0v) is 15.2. The van der Waals surface area contributed by atoms with Gasteiger partial charge in [0.05, 0.1) is 0 Å². The van der Waals surface area contributed by atoms with E-state index in [4.69, 9.17) is 18.8 Å². The first-order valence-electron chi connectivity index (χ1n) is 7.06. The van der Waals surface area contributed by atoms with Crippen molar-refractivity contribution in [1.82, 2.24) is 0 Å². The van der Waals surface area contributed by atoms with Gasteiger partial charge in [-0.25, -0.2) is 9.59 Å². The van der Waals surface area contributed by atoms with E-state index in [-0.39, 0.29) is 40.7 Å².